The number of ketones is 1. The first-order valence-corrected chi connectivity index (χ1v) is 15.9. The molecule has 1 aliphatic rings. The quantitative estimate of drug-likeness (QED) is 0.340. The van der Waals surface area contributed by atoms with Gasteiger partial charge >= 0.3 is 12.2 Å². The van der Waals surface area contributed by atoms with E-state index in [0.717, 1.165) is 11.1 Å². The normalized spacial score (nSPS) is 16.0. The topological polar surface area (TPSA) is 126 Å². The van der Waals surface area contributed by atoms with E-state index in [2.05, 4.69) is 5.32 Å². The lowest BCUT2D eigenvalue weighted by atomic mass is 9.97. The Morgan fingerprint density at radius 2 is 1.24 bits per heavy atom. The van der Waals surface area contributed by atoms with Crippen molar-refractivity contribution in [1.29, 1.82) is 0 Å². The first-order valence-electron chi connectivity index (χ1n) is 15.9. The van der Waals surface area contributed by atoms with Crippen LogP contribution in [-0.2, 0) is 37.1 Å². The molecule has 4 amide bonds. The van der Waals surface area contributed by atoms with Crippen LogP contribution in [0.25, 0.3) is 0 Å². The number of carbonyl (C=O) groups excluding carboxylic acids is 5. The molecule has 2 aromatic rings. The molecule has 11 heteroatoms. The first kappa shape index (κ1) is 36.1. The van der Waals surface area contributed by atoms with Crippen LogP contribution in [0.1, 0.15) is 58.1 Å². The Labute approximate surface area is 272 Å². The van der Waals surface area contributed by atoms with Crippen molar-refractivity contribution in [3.63, 3.8) is 0 Å². The van der Waals surface area contributed by atoms with E-state index in [1.165, 1.54) is 28.8 Å². The third-order valence-electron chi connectivity index (χ3n) is 7.95. The Bertz CT molecular complexity index is 1320. The molecule has 46 heavy (non-hydrogen) atoms. The van der Waals surface area contributed by atoms with Crippen LogP contribution in [0.4, 0.5) is 9.59 Å². The van der Waals surface area contributed by atoms with Crippen molar-refractivity contribution >= 4 is 29.8 Å². The van der Waals surface area contributed by atoms with Crippen molar-refractivity contribution in [1.82, 2.24) is 20.0 Å². The highest BCUT2D eigenvalue weighted by Gasteiger charge is 2.38. The summed E-state index contributed by atoms with van der Waals surface area (Å²) in [5.41, 5.74) is 1.66. The smallest absolute Gasteiger partial charge is 0.410 e. The van der Waals surface area contributed by atoms with Crippen molar-refractivity contribution in [2.45, 2.75) is 78.3 Å². The van der Waals surface area contributed by atoms with Gasteiger partial charge in [0.2, 0.25) is 11.8 Å². The van der Waals surface area contributed by atoms with Crippen molar-refractivity contribution in [3.8, 4) is 0 Å². The monoisotopic (exact) mass is 636 g/mol. The molecule has 0 radical (unpaired) electrons. The van der Waals surface area contributed by atoms with Gasteiger partial charge in [0.05, 0.1) is 12.6 Å². The first-order chi connectivity index (χ1) is 21.9. The van der Waals surface area contributed by atoms with E-state index in [0.29, 0.717) is 12.8 Å². The maximum absolute atomic E-state index is 13.7. The minimum Gasteiger partial charge on any atom is -0.445 e. The van der Waals surface area contributed by atoms with Gasteiger partial charge in [-0.2, -0.15) is 0 Å². The van der Waals surface area contributed by atoms with E-state index in [-0.39, 0.29) is 56.3 Å². The van der Waals surface area contributed by atoms with Gasteiger partial charge in [-0.3, -0.25) is 24.2 Å². The Balaban J connectivity index is 1.60. The zero-order valence-electron chi connectivity index (χ0n) is 27.8. The molecular weight excluding hydrogens is 588 g/mol. The van der Waals surface area contributed by atoms with Crippen LogP contribution in [0.2, 0.25) is 0 Å². The zero-order valence-corrected chi connectivity index (χ0v) is 27.8. The Hall–Kier alpha value is -4.41. The van der Waals surface area contributed by atoms with Gasteiger partial charge in [-0.15, -0.1) is 0 Å². The molecule has 1 heterocycles. The van der Waals surface area contributed by atoms with Crippen LogP contribution in [0.3, 0.4) is 0 Å². The second-order valence-electron chi connectivity index (χ2n) is 12.7. The summed E-state index contributed by atoms with van der Waals surface area (Å²) in [6.07, 6.45) is -0.288. The maximum atomic E-state index is 13.7. The zero-order chi connectivity index (χ0) is 33.8. The maximum Gasteiger partial charge on any atom is 0.410 e. The number of rotatable bonds is 13. The van der Waals surface area contributed by atoms with Gasteiger partial charge in [-0.1, -0.05) is 88.4 Å². The molecule has 1 aliphatic heterocycles. The van der Waals surface area contributed by atoms with Crippen LogP contribution in [0.5, 0.6) is 0 Å². The molecule has 1 fully saturated rings. The van der Waals surface area contributed by atoms with E-state index in [1.54, 1.807) is 0 Å². The number of benzene rings is 2. The molecule has 0 aliphatic carbocycles. The highest BCUT2D eigenvalue weighted by molar-refractivity contribution is 5.96. The molecule has 2 aromatic carbocycles. The van der Waals surface area contributed by atoms with Crippen LogP contribution >= 0.6 is 0 Å². The van der Waals surface area contributed by atoms with Gasteiger partial charge < -0.3 is 19.7 Å². The third-order valence-corrected chi connectivity index (χ3v) is 7.95. The van der Waals surface area contributed by atoms with Crippen LogP contribution in [-0.4, -0.2) is 89.8 Å². The highest BCUT2D eigenvalue weighted by atomic mass is 16.6. The summed E-state index contributed by atoms with van der Waals surface area (Å²) in [5, 5.41) is 2.82. The van der Waals surface area contributed by atoms with Crippen molar-refractivity contribution in [2.24, 2.45) is 11.8 Å². The molecule has 250 valence electrons. The lowest BCUT2D eigenvalue weighted by Gasteiger charge is -2.37. The summed E-state index contributed by atoms with van der Waals surface area (Å²) >= 11 is 0. The van der Waals surface area contributed by atoms with Crippen molar-refractivity contribution in [3.05, 3.63) is 71.8 Å². The number of nitrogens with one attached hydrogen (secondary N) is 1. The molecule has 11 nitrogen and oxygen atoms in total. The summed E-state index contributed by atoms with van der Waals surface area (Å²) in [4.78, 5) is 70.1. The largest absolute Gasteiger partial charge is 0.445 e. The number of ether oxygens (including phenoxy) is 2. The second kappa shape index (κ2) is 17.3. The predicted octanol–water partition coefficient (Wildman–Crippen LogP) is 4.64. The number of amides is 4. The Morgan fingerprint density at radius 3 is 1.70 bits per heavy atom. The molecule has 3 rings (SSSR count). The molecule has 1 unspecified atom stereocenters. The molecule has 3 atom stereocenters. The number of likely N-dealkylation sites (tertiary alicyclic amines) is 1. The van der Waals surface area contributed by atoms with Gasteiger partial charge in [0.25, 0.3) is 0 Å². The number of piperidine rings is 1. The number of carbonyl (C=O) groups is 5. The fraction of sp³-hybridized carbons (Fsp3) is 0.514. The number of Topliss-reactive ketones (excluding diaryl/α,β-unsaturated/α-hetero) is 1. The fourth-order valence-electron chi connectivity index (χ4n) is 5.30. The molecule has 1 saturated heterocycles. The molecular formula is C35H48N4O7. The number of hydrogen-bond acceptors (Lipinski definition) is 7. The summed E-state index contributed by atoms with van der Waals surface area (Å²) in [6.45, 7) is 7.98. The summed E-state index contributed by atoms with van der Waals surface area (Å²) in [7, 11) is 3.04. The van der Waals surface area contributed by atoms with E-state index < -0.39 is 36.2 Å². The summed E-state index contributed by atoms with van der Waals surface area (Å²) < 4.78 is 10.9. The molecule has 1 N–H and O–H groups in total. The van der Waals surface area contributed by atoms with Crippen LogP contribution < -0.4 is 5.32 Å². The number of likely N-dealkylation sites (N-methyl/N-ethyl adjacent to an activating group) is 2. The average Bonchev–Trinajstić information content (AvgIpc) is 3.04. The molecule has 0 aromatic heterocycles. The van der Waals surface area contributed by atoms with E-state index >= 15 is 0 Å². The minimum atomic E-state index is -0.846. The lowest BCUT2D eigenvalue weighted by Crippen LogP contribution is -2.59. The summed E-state index contributed by atoms with van der Waals surface area (Å²) in [6, 6.07) is 16.1. The van der Waals surface area contributed by atoms with Crippen molar-refractivity contribution < 1.29 is 33.4 Å². The lowest BCUT2D eigenvalue weighted by molar-refractivity contribution is -0.143. The van der Waals surface area contributed by atoms with Crippen LogP contribution in [0, 0.1) is 11.8 Å². The van der Waals surface area contributed by atoms with E-state index in [9.17, 15) is 24.0 Å². The van der Waals surface area contributed by atoms with Crippen LogP contribution in [0.15, 0.2) is 60.7 Å². The second-order valence-corrected chi connectivity index (χ2v) is 12.7. The summed E-state index contributed by atoms with van der Waals surface area (Å²) in [5.74, 6) is -0.929. The SMILES string of the molecule is CC(C)C[C@@H](C(=O)NC1CCN(C(=O)[C@H](CC(C)C)N(C)C(=O)OCc2ccccc2)CC1=O)N(C)C(=O)OCc1ccccc1. The number of hydrogen-bond donors (Lipinski definition) is 1. The van der Waals surface area contributed by atoms with Gasteiger partial charge in [0.15, 0.2) is 5.78 Å². The van der Waals surface area contributed by atoms with E-state index in [1.807, 2.05) is 88.4 Å². The van der Waals surface area contributed by atoms with Crippen molar-refractivity contribution in [2.75, 3.05) is 27.2 Å². The standard InChI is InChI=1S/C35H48N4O7/c1-24(2)19-29(37(5)34(43)45-22-26-13-9-7-10-14-26)32(41)36-28-17-18-39(21-31(28)40)33(42)30(20-25(3)4)38(6)35(44)46-23-27-15-11-8-12-16-27/h7-16,24-25,28-30H,17-23H2,1-6H3,(H,36,41)/t28?,29-,30-/m0/s1. The predicted molar refractivity (Wildman–Crippen MR) is 173 cm³/mol. The van der Waals surface area contributed by atoms with Gasteiger partial charge in [0.1, 0.15) is 25.3 Å². The Morgan fingerprint density at radius 1 is 0.783 bits per heavy atom. The molecule has 0 spiro atoms. The minimum absolute atomic E-state index is 0.0722. The fourth-order valence-corrected chi connectivity index (χ4v) is 5.30. The Kier molecular flexibility index (Phi) is 13.6. The average molecular weight is 637 g/mol. The molecule has 0 bridgehead atoms. The van der Waals surface area contributed by atoms with Gasteiger partial charge in [0, 0.05) is 20.6 Å². The third kappa shape index (κ3) is 10.6. The van der Waals surface area contributed by atoms with Gasteiger partial charge in [-0.05, 0) is 42.2 Å². The molecule has 0 saturated carbocycles. The highest BCUT2D eigenvalue weighted by Crippen LogP contribution is 2.19. The number of nitrogens with zero attached hydrogens (tertiary/aromatic N) is 3. The van der Waals surface area contributed by atoms with Gasteiger partial charge in [-0.25, -0.2) is 9.59 Å². The van der Waals surface area contributed by atoms with E-state index in [4.69, 9.17) is 9.47 Å².